The predicted molar refractivity (Wildman–Crippen MR) is 114 cm³/mol. The summed E-state index contributed by atoms with van der Waals surface area (Å²) in [5.41, 5.74) is 2.79. The van der Waals surface area contributed by atoms with E-state index in [-0.39, 0.29) is 19.1 Å². The lowest BCUT2D eigenvalue weighted by Crippen LogP contribution is -2.23. The number of hydrogen-bond donors (Lipinski definition) is 1. The number of amides is 1. The van der Waals surface area contributed by atoms with Gasteiger partial charge in [0.2, 0.25) is 0 Å². The Bertz CT molecular complexity index is 997. The lowest BCUT2D eigenvalue weighted by atomic mass is 10.1. The van der Waals surface area contributed by atoms with Crippen molar-refractivity contribution in [3.63, 3.8) is 0 Å². The van der Waals surface area contributed by atoms with E-state index in [1.54, 1.807) is 12.5 Å². The van der Waals surface area contributed by atoms with Gasteiger partial charge in [-0.25, -0.2) is 4.98 Å². The zero-order valence-corrected chi connectivity index (χ0v) is 16.2. The van der Waals surface area contributed by atoms with Gasteiger partial charge < -0.3 is 14.6 Å². The fourth-order valence-corrected chi connectivity index (χ4v) is 2.78. The van der Waals surface area contributed by atoms with Crippen LogP contribution in [-0.2, 0) is 13.0 Å². The maximum absolute atomic E-state index is 12.2. The molecule has 29 heavy (non-hydrogen) atoms. The molecule has 0 bridgehead atoms. The highest BCUT2D eigenvalue weighted by atomic mass is 16.5. The summed E-state index contributed by atoms with van der Waals surface area (Å²) in [6, 6.07) is 15.3. The molecule has 0 radical (unpaired) electrons. The minimum Gasteiger partial charge on any atom is -0.481 e. The summed E-state index contributed by atoms with van der Waals surface area (Å²) >= 11 is 0. The maximum atomic E-state index is 12.2. The summed E-state index contributed by atoms with van der Waals surface area (Å²) in [5, 5.41) is 2.80. The number of benzene rings is 2. The second-order valence-corrected chi connectivity index (χ2v) is 6.36. The van der Waals surface area contributed by atoms with Gasteiger partial charge in [0.1, 0.15) is 12.4 Å². The number of carbonyl (C=O) groups excluding carboxylic acids is 1. The van der Waals surface area contributed by atoms with Gasteiger partial charge in [-0.05, 0) is 35.7 Å². The summed E-state index contributed by atoms with van der Waals surface area (Å²) in [6.45, 7) is 5.02. The van der Waals surface area contributed by atoms with Gasteiger partial charge in [-0.2, -0.15) is 0 Å². The van der Waals surface area contributed by atoms with E-state index in [1.165, 1.54) is 0 Å². The zero-order valence-electron chi connectivity index (χ0n) is 16.2. The molecular weight excluding hydrogens is 362 g/mol. The van der Waals surface area contributed by atoms with Crippen LogP contribution >= 0.6 is 0 Å². The quantitative estimate of drug-likeness (QED) is 0.477. The average molecular weight is 385 g/mol. The molecule has 3 aromatic rings. The van der Waals surface area contributed by atoms with Gasteiger partial charge in [-0.15, -0.1) is 6.58 Å². The molecule has 0 atom stereocenters. The Kier molecular flexibility index (Phi) is 7.25. The van der Waals surface area contributed by atoms with Gasteiger partial charge >= 0.3 is 0 Å². The average Bonchev–Trinajstić information content (AvgIpc) is 3.25. The Balaban J connectivity index is 1.43. The van der Waals surface area contributed by atoms with Crippen molar-refractivity contribution in [1.29, 1.82) is 0 Å². The molecule has 1 heterocycles. The van der Waals surface area contributed by atoms with Crippen molar-refractivity contribution in [2.24, 2.45) is 0 Å². The van der Waals surface area contributed by atoms with Gasteiger partial charge in [0, 0.05) is 24.5 Å². The van der Waals surface area contributed by atoms with Crippen molar-refractivity contribution in [3.05, 3.63) is 96.6 Å². The van der Waals surface area contributed by atoms with Gasteiger partial charge in [0.05, 0.1) is 12.9 Å². The third-order valence-electron chi connectivity index (χ3n) is 4.24. The van der Waals surface area contributed by atoms with Crippen LogP contribution in [0.1, 0.15) is 21.5 Å². The van der Waals surface area contributed by atoms with E-state index in [9.17, 15) is 4.79 Å². The minimum atomic E-state index is -0.147. The molecule has 3 rings (SSSR count). The SMILES string of the molecule is C=CCc1ccccc1OCC#CCNC(=O)c1ccc(Cn2ccnc2)cc1. The van der Waals surface area contributed by atoms with Crippen LogP contribution in [0.25, 0.3) is 0 Å². The third kappa shape index (κ3) is 6.12. The third-order valence-corrected chi connectivity index (χ3v) is 4.24. The number of aromatic nitrogens is 2. The van der Waals surface area contributed by atoms with Crippen molar-refractivity contribution in [2.75, 3.05) is 13.2 Å². The molecule has 0 saturated carbocycles. The smallest absolute Gasteiger partial charge is 0.252 e. The fourth-order valence-electron chi connectivity index (χ4n) is 2.78. The van der Waals surface area contributed by atoms with Gasteiger partial charge in [0.15, 0.2) is 0 Å². The monoisotopic (exact) mass is 385 g/mol. The number of carbonyl (C=O) groups is 1. The number of hydrogen-bond acceptors (Lipinski definition) is 3. The van der Waals surface area contributed by atoms with Gasteiger partial charge in [-0.1, -0.05) is 48.2 Å². The molecule has 1 amide bonds. The number of ether oxygens (including phenoxy) is 1. The second kappa shape index (κ2) is 10.5. The van der Waals surface area contributed by atoms with E-state index in [0.29, 0.717) is 5.56 Å². The molecule has 0 aliphatic rings. The Morgan fingerprint density at radius 3 is 2.76 bits per heavy atom. The molecule has 1 N–H and O–H groups in total. The lowest BCUT2D eigenvalue weighted by Gasteiger charge is -2.07. The van der Waals surface area contributed by atoms with E-state index < -0.39 is 0 Å². The number of allylic oxidation sites excluding steroid dienone is 1. The molecule has 5 nitrogen and oxygen atoms in total. The summed E-state index contributed by atoms with van der Waals surface area (Å²) in [5.74, 6) is 6.49. The van der Waals surface area contributed by atoms with Crippen LogP contribution in [0.2, 0.25) is 0 Å². The fraction of sp³-hybridized carbons (Fsp3) is 0.167. The highest BCUT2D eigenvalue weighted by Crippen LogP contribution is 2.18. The minimum absolute atomic E-state index is 0.147. The number of imidazole rings is 1. The molecule has 0 spiro atoms. The van der Waals surface area contributed by atoms with Crippen molar-refractivity contribution in [1.82, 2.24) is 14.9 Å². The lowest BCUT2D eigenvalue weighted by molar-refractivity contribution is 0.0958. The normalized spacial score (nSPS) is 9.93. The summed E-state index contributed by atoms with van der Waals surface area (Å²) in [7, 11) is 0. The van der Waals surface area contributed by atoms with Gasteiger partial charge in [0.25, 0.3) is 5.91 Å². The first-order valence-electron chi connectivity index (χ1n) is 9.36. The number of rotatable bonds is 8. The van der Waals surface area contributed by atoms with Crippen LogP contribution in [0.3, 0.4) is 0 Å². The predicted octanol–water partition coefficient (Wildman–Crippen LogP) is 3.47. The van der Waals surface area contributed by atoms with E-state index in [4.69, 9.17) is 4.74 Å². The first-order chi connectivity index (χ1) is 14.3. The molecule has 1 aromatic heterocycles. The molecule has 146 valence electrons. The summed E-state index contributed by atoms with van der Waals surface area (Å²) < 4.78 is 7.67. The largest absolute Gasteiger partial charge is 0.481 e. The summed E-state index contributed by atoms with van der Waals surface area (Å²) in [4.78, 5) is 16.2. The van der Waals surface area contributed by atoms with E-state index in [0.717, 1.165) is 29.8 Å². The topological polar surface area (TPSA) is 56.1 Å². The first kappa shape index (κ1) is 20.0. The zero-order chi connectivity index (χ0) is 20.3. The van der Waals surface area contributed by atoms with Crippen molar-refractivity contribution in [3.8, 4) is 17.6 Å². The standard InChI is InChI=1S/C24H23N3O2/c1-2-7-21-8-3-4-9-23(21)29-17-6-5-14-26-24(28)22-12-10-20(11-13-22)18-27-16-15-25-19-27/h2-4,8-13,15-16,19H,1,7,14,17-18H2,(H,26,28). The Morgan fingerprint density at radius 2 is 2.00 bits per heavy atom. The van der Waals surface area contributed by atoms with Crippen LogP contribution in [0, 0.1) is 11.8 Å². The van der Waals surface area contributed by atoms with Crippen molar-refractivity contribution >= 4 is 5.91 Å². The molecule has 5 heteroatoms. The second-order valence-electron chi connectivity index (χ2n) is 6.36. The van der Waals surface area contributed by atoms with E-state index in [1.807, 2.05) is 65.4 Å². The Labute approximate surface area is 171 Å². The number of para-hydroxylation sites is 1. The molecule has 0 unspecified atom stereocenters. The molecular formula is C24H23N3O2. The molecule has 0 aliphatic heterocycles. The van der Waals surface area contributed by atoms with E-state index in [2.05, 4.69) is 28.7 Å². The molecule has 0 aliphatic carbocycles. The maximum Gasteiger partial charge on any atom is 0.252 e. The highest BCUT2D eigenvalue weighted by molar-refractivity contribution is 5.94. The van der Waals surface area contributed by atoms with Crippen LogP contribution in [0.4, 0.5) is 0 Å². The number of nitrogens with one attached hydrogen (secondary N) is 1. The van der Waals surface area contributed by atoms with Gasteiger partial charge in [-0.3, -0.25) is 4.79 Å². The molecule has 0 saturated heterocycles. The van der Waals surface area contributed by atoms with E-state index >= 15 is 0 Å². The Hall–Kier alpha value is -3.78. The van der Waals surface area contributed by atoms with Crippen molar-refractivity contribution < 1.29 is 9.53 Å². The Morgan fingerprint density at radius 1 is 1.17 bits per heavy atom. The molecule has 0 fully saturated rings. The number of nitrogens with zero attached hydrogens (tertiary/aromatic N) is 2. The summed E-state index contributed by atoms with van der Waals surface area (Å²) in [6.07, 6.45) is 8.00. The van der Waals surface area contributed by atoms with Crippen LogP contribution in [0.15, 0.2) is 79.9 Å². The van der Waals surface area contributed by atoms with Crippen LogP contribution < -0.4 is 10.1 Å². The highest BCUT2D eigenvalue weighted by Gasteiger charge is 2.04. The van der Waals surface area contributed by atoms with Crippen LogP contribution in [0.5, 0.6) is 5.75 Å². The molecule has 2 aromatic carbocycles. The van der Waals surface area contributed by atoms with Crippen molar-refractivity contribution in [2.45, 2.75) is 13.0 Å². The van der Waals surface area contributed by atoms with Crippen LogP contribution in [-0.4, -0.2) is 28.6 Å². The first-order valence-corrected chi connectivity index (χ1v) is 9.36.